The first kappa shape index (κ1) is 15.3. The van der Waals surface area contributed by atoms with Crippen LogP contribution in [0.2, 0.25) is 0 Å². The number of amides is 1. The summed E-state index contributed by atoms with van der Waals surface area (Å²) in [5.74, 6) is 0.485. The molecule has 0 aliphatic carbocycles. The molecule has 6 heteroatoms. The summed E-state index contributed by atoms with van der Waals surface area (Å²) in [4.78, 5) is 24.5. The van der Waals surface area contributed by atoms with E-state index in [-0.39, 0.29) is 18.0 Å². The summed E-state index contributed by atoms with van der Waals surface area (Å²) in [6.45, 7) is 6.38. The summed E-state index contributed by atoms with van der Waals surface area (Å²) >= 11 is 0. The molecule has 0 aliphatic heterocycles. The molecule has 0 unspecified atom stereocenters. The molecule has 0 aliphatic rings. The minimum Gasteiger partial charge on any atom is -0.355 e. The molecule has 1 N–H and O–H groups in total. The summed E-state index contributed by atoms with van der Waals surface area (Å²) in [7, 11) is 0. The highest BCUT2D eigenvalue weighted by atomic mass is 16.2. The third-order valence-corrected chi connectivity index (χ3v) is 3.87. The SMILES string of the molecule is CCCNC(=O)Cn1nc(C)n2c(cc3cc(C)ccc32)c1=O. The Morgan fingerprint density at radius 2 is 2.00 bits per heavy atom. The molecule has 0 bridgehead atoms. The summed E-state index contributed by atoms with van der Waals surface area (Å²) in [5, 5.41) is 8.06. The van der Waals surface area contributed by atoms with Crippen LogP contribution in [0.4, 0.5) is 0 Å². The van der Waals surface area contributed by atoms with E-state index in [4.69, 9.17) is 0 Å². The second-order valence-electron chi connectivity index (χ2n) is 5.79. The molecule has 120 valence electrons. The zero-order valence-corrected chi connectivity index (χ0v) is 13.6. The van der Waals surface area contributed by atoms with Crippen LogP contribution in [0.15, 0.2) is 29.1 Å². The van der Waals surface area contributed by atoms with Crippen molar-refractivity contribution in [1.29, 1.82) is 0 Å². The first-order valence-electron chi connectivity index (χ1n) is 7.77. The Bertz CT molecular complexity index is 953. The molecule has 0 fully saturated rings. The monoisotopic (exact) mass is 312 g/mol. The van der Waals surface area contributed by atoms with Crippen molar-refractivity contribution < 1.29 is 4.79 Å². The Morgan fingerprint density at radius 3 is 2.74 bits per heavy atom. The van der Waals surface area contributed by atoms with Crippen molar-refractivity contribution in [1.82, 2.24) is 19.5 Å². The quantitative estimate of drug-likeness (QED) is 0.798. The van der Waals surface area contributed by atoms with Crippen molar-refractivity contribution in [3.05, 3.63) is 46.0 Å². The molecule has 2 aromatic heterocycles. The lowest BCUT2D eigenvalue weighted by Crippen LogP contribution is -2.35. The van der Waals surface area contributed by atoms with Crippen LogP contribution < -0.4 is 10.9 Å². The molecule has 0 saturated carbocycles. The maximum atomic E-state index is 12.6. The Hall–Kier alpha value is -2.63. The van der Waals surface area contributed by atoms with Gasteiger partial charge in [0.2, 0.25) is 5.91 Å². The Morgan fingerprint density at radius 1 is 1.22 bits per heavy atom. The zero-order chi connectivity index (χ0) is 16.6. The number of rotatable bonds is 4. The van der Waals surface area contributed by atoms with Gasteiger partial charge in [-0.2, -0.15) is 5.10 Å². The van der Waals surface area contributed by atoms with Gasteiger partial charge in [-0.15, -0.1) is 0 Å². The van der Waals surface area contributed by atoms with Gasteiger partial charge in [0.1, 0.15) is 17.9 Å². The number of aryl methyl sites for hydroxylation is 2. The fourth-order valence-corrected chi connectivity index (χ4v) is 2.80. The van der Waals surface area contributed by atoms with Crippen LogP contribution in [0.25, 0.3) is 16.4 Å². The van der Waals surface area contributed by atoms with Crippen LogP contribution >= 0.6 is 0 Å². The number of hydrogen-bond donors (Lipinski definition) is 1. The van der Waals surface area contributed by atoms with Gasteiger partial charge < -0.3 is 5.32 Å². The summed E-state index contributed by atoms with van der Waals surface area (Å²) in [6, 6.07) is 7.90. The fourth-order valence-electron chi connectivity index (χ4n) is 2.80. The number of carbonyl (C=O) groups excluding carboxylic acids is 1. The lowest BCUT2D eigenvalue weighted by molar-refractivity contribution is -0.121. The molecule has 0 saturated heterocycles. The van der Waals surface area contributed by atoms with Crippen LogP contribution in [0, 0.1) is 13.8 Å². The lowest BCUT2D eigenvalue weighted by Gasteiger charge is -2.09. The first-order chi connectivity index (χ1) is 11.0. The maximum absolute atomic E-state index is 12.6. The normalized spacial score (nSPS) is 11.3. The van der Waals surface area contributed by atoms with Crippen molar-refractivity contribution in [2.75, 3.05) is 6.54 Å². The van der Waals surface area contributed by atoms with Gasteiger partial charge in [0.15, 0.2) is 0 Å². The number of nitrogens with zero attached hydrogens (tertiary/aromatic N) is 3. The van der Waals surface area contributed by atoms with Crippen molar-refractivity contribution in [2.24, 2.45) is 0 Å². The minimum atomic E-state index is -0.254. The lowest BCUT2D eigenvalue weighted by atomic mass is 10.2. The highest BCUT2D eigenvalue weighted by Crippen LogP contribution is 2.20. The van der Waals surface area contributed by atoms with Gasteiger partial charge in [-0.3, -0.25) is 14.0 Å². The van der Waals surface area contributed by atoms with E-state index in [1.807, 2.05) is 49.4 Å². The number of hydrogen-bond acceptors (Lipinski definition) is 3. The largest absolute Gasteiger partial charge is 0.355 e. The molecular formula is C17H20N4O2. The zero-order valence-electron chi connectivity index (χ0n) is 13.6. The van der Waals surface area contributed by atoms with Gasteiger partial charge in [-0.05, 0) is 38.5 Å². The van der Waals surface area contributed by atoms with Gasteiger partial charge in [-0.25, -0.2) is 4.68 Å². The van der Waals surface area contributed by atoms with Gasteiger partial charge in [0.05, 0.1) is 5.52 Å². The molecule has 1 amide bonds. The van der Waals surface area contributed by atoms with Crippen LogP contribution in [0.5, 0.6) is 0 Å². The van der Waals surface area contributed by atoms with Crippen LogP contribution in [0.3, 0.4) is 0 Å². The molecular weight excluding hydrogens is 292 g/mol. The smallest absolute Gasteiger partial charge is 0.291 e. The molecule has 0 spiro atoms. The van der Waals surface area contributed by atoms with Gasteiger partial charge in [-0.1, -0.05) is 18.6 Å². The van der Waals surface area contributed by atoms with E-state index in [2.05, 4.69) is 10.4 Å². The average molecular weight is 312 g/mol. The summed E-state index contributed by atoms with van der Waals surface area (Å²) < 4.78 is 3.08. The van der Waals surface area contributed by atoms with E-state index in [0.29, 0.717) is 17.9 Å². The minimum absolute atomic E-state index is 0.0588. The molecule has 23 heavy (non-hydrogen) atoms. The van der Waals surface area contributed by atoms with Crippen LogP contribution in [0.1, 0.15) is 24.7 Å². The summed E-state index contributed by atoms with van der Waals surface area (Å²) in [6.07, 6.45) is 0.857. The average Bonchev–Trinajstić information content (AvgIpc) is 2.89. The highest BCUT2D eigenvalue weighted by Gasteiger charge is 2.13. The number of nitrogens with one attached hydrogen (secondary N) is 1. The molecule has 3 aromatic rings. The molecule has 1 aromatic carbocycles. The molecule has 3 rings (SSSR count). The number of benzene rings is 1. The van der Waals surface area contributed by atoms with Crippen molar-refractivity contribution in [3.63, 3.8) is 0 Å². The third-order valence-electron chi connectivity index (χ3n) is 3.87. The Balaban J connectivity index is 2.12. The molecule has 0 atom stereocenters. The Labute approximate surface area is 133 Å². The van der Waals surface area contributed by atoms with E-state index in [9.17, 15) is 9.59 Å². The van der Waals surface area contributed by atoms with Gasteiger partial charge in [0.25, 0.3) is 5.56 Å². The first-order valence-corrected chi connectivity index (χ1v) is 7.77. The number of fused-ring (bicyclic) bond motifs is 3. The Kier molecular flexibility index (Phi) is 3.90. The predicted octanol–water partition coefficient (Wildman–Crippen LogP) is 1.79. The third kappa shape index (κ3) is 2.72. The molecule has 0 radical (unpaired) electrons. The van der Waals surface area contributed by atoms with E-state index >= 15 is 0 Å². The van der Waals surface area contributed by atoms with Gasteiger partial charge >= 0.3 is 0 Å². The van der Waals surface area contributed by atoms with Gasteiger partial charge in [0, 0.05) is 11.9 Å². The van der Waals surface area contributed by atoms with Crippen LogP contribution in [-0.4, -0.2) is 26.6 Å². The van der Waals surface area contributed by atoms with Crippen molar-refractivity contribution in [2.45, 2.75) is 33.7 Å². The topological polar surface area (TPSA) is 68.4 Å². The highest BCUT2D eigenvalue weighted by molar-refractivity contribution is 5.87. The fraction of sp³-hybridized carbons (Fsp3) is 0.353. The predicted molar refractivity (Wildman–Crippen MR) is 89.7 cm³/mol. The van der Waals surface area contributed by atoms with E-state index < -0.39 is 0 Å². The molecule has 2 heterocycles. The van der Waals surface area contributed by atoms with Crippen molar-refractivity contribution in [3.8, 4) is 0 Å². The number of aromatic nitrogens is 3. The maximum Gasteiger partial charge on any atom is 0.291 e. The van der Waals surface area contributed by atoms with Crippen molar-refractivity contribution >= 4 is 22.3 Å². The van der Waals surface area contributed by atoms with E-state index in [1.165, 1.54) is 4.68 Å². The van der Waals surface area contributed by atoms with E-state index in [0.717, 1.165) is 22.9 Å². The summed E-state index contributed by atoms with van der Waals surface area (Å²) in [5.41, 5.74) is 2.38. The molecule has 6 nitrogen and oxygen atoms in total. The van der Waals surface area contributed by atoms with E-state index in [1.54, 1.807) is 0 Å². The van der Waals surface area contributed by atoms with Crippen LogP contribution in [-0.2, 0) is 11.3 Å². The number of carbonyl (C=O) groups is 1. The second-order valence-corrected chi connectivity index (χ2v) is 5.79. The second kappa shape index (κ2) is 5.87. The standard InChI is InChI=1S/C17H20N4O2/c1-4-7-18-16(22)10-20-17(23)15-9-13-8-11(2)5-6-14(13)21(15)12(3)19-20/h5-6,8-9H,4,7,10H2,1-3H3,(H,18,22).